The Labute approximate surface area is 153 Å². The number of imidazole rings is 1. The van der Waals surface area contributed by atoms with Crippen LogP contribution in [0.2, 0.25) is 0 Å². The topological polar surface area (TPSA) is 68.5 Å². The average molecular weight is 378 g/mol. The Morgan fingerprint density at radius 2 is 2.04 bits per heavy atom. The molecule has 9 heteroatoms. The quantitative estimate of drug-likeness (QED) is 0.715. The second kappa shape index (κ2) is 7.75. The summed E-state index contributed by atoms with van der Waals surface area (Å²) in [5.74, 6) is -1.26. The Balaban J connectivity index is 1.92. The van der Waals surface area contributed by atoms with Crippen molar-refractivity contribution < 1.29 is 22.7 Å². The van der Waals surface area contributed by atoms with Crippen LogP contribution in [0.3, 0.4) is 0 Å². The van der Waals surface area contributed by atoms with Crippen LogP contribution in [-0.2, 0) is 4.74 Å². The summed E-state index contributed by atoms with van der Waals surface area (Å²) in [5.41, 5.74) is -0.558. The number of halogens is 3. The summed E-state index contributed by atoms with van der Waals surface area (Å²) in [4.78, 5) is 20.3. The van der Waals surface area contributed by atoms with Gasteiger partial charge in [-0.1, -0.05) is 18.2 Å². The van der Waals surface area contributed by atoms with E-state index in [-0.39, 0.29) is 16.9 Å². The number of fused-ring (bicyclic) bond motifs is 1. The summed E-state index contributed by atoms with van der Waals surface area (Å²) in [6, 6.07) is 5.30. The Morgan fingerprint density at radius 1 is 1.30 bits per heavy atom. The number of amides is 1. The summed E-state index contributed by atoms with van der Waals surface area (Å²) in [6.45, 7) is 1.60. The molecule has 0 radical (unpaired) electrons. The molecule has 6 nitrogen and oxygen atoms in total. The number of benzene rings is 1. The maximum absolute atomic E-state index is 14.1. The first-order chi connectivity index (χ1) is 12.9. The number of carbonyl (C=O) groups excluding carboxylic acids is 1. The molecule has 0 saturated carbocycles. The van der Waals surface area contributed by atoms with Crippen molar-refractivity contribution in [2.45, 2.75) is 25.5 Å². The second-order valence-corrected chi connectivity index (χ2v) is 5.89. The Morgan fingerprint density at radius 3 is 2.70 bits per heavy atom. The predicted octanol–water partition coefficient (Wildman–Crippen LogP) is 3.31. The van der Waals surface area contributed by atoms with Gasteiger partial charge in [0.05, 0.1) is 12.2 Å². The molecule has 1 N–H and O–H groups in total. The fourth-order valence-corrected chi connectivity index (χ4v) is 2.96. The van der Waals surface area contributed by atoms with E-state index in [0.717, 1.165) is 0 Å². The SMILES string of the molecule is COC(c1ccccc1F)C(C)NC(=O)c1c(C(F)F)nc2cnccn12. The molecule has 3 rings (SSSR count). The van der Waals surface area contributed by atoms with E-state index in [1.54, 1.807) is 13.0 Å². The molecule has 2 heterocycles. The van der Waals surface area contributed by atoms with Crippen molar-refractivity contribution in [2.75, 3.05) is 7.11 Å². The molecule has 2 aromatic heterocycles. The molecule has 0 saturated heterocycles. The van der Waals surface area contributed by atoms with Crippen LogP contribution in [0.4, 0.5) is 13.2 Å². The lowest BCUT2D eigenvalue weighted by molar-refractivity contribution is 0.0618. The minimum Gasteiger partial charge on any atom is -0.375 e. The molecule has 0 spiro atoms. The van der Waals surface area contributed by atoms with Crippen LogP contribution in [-0.4, -0.2) is 33.4 Å². The fourth-order valence-electron chi connectivity index (χ4n) is 2.96. The number of carbonyl (C=O) groups is 1. The summed E-state index contributed by atoms with van der Waals surface area (Å²) < 4.78 is 47.3. The lowest BCUT2D eigenvalue weighted by atomic mass is 10.0. The van der Waals surface area contributed by atoms with E-state index in [2.05, 4.69) is 15.3 Å². The first kappa shape index (κ1) is 18.8. The lowest BCUT2D eigenvalue weighted by Gasteiger charge is -2.24. The number of nitrogens with zero attached hydrogens (tertiary/aromatic N) is 3. The van der Waals surface area contributed by atoms with Gasteiger partial charge in [0.15, 0.2) is 5.65 Å². The number of hydrogen-bond donors (Lipinski definition) is 1. The molecule has 3 aromatic rings. The number of methoxy groups -OCH3 is 1. The molecular weight excluding hydrogens is 361 g/mol. The van der Waals surface area contributed by atoms with E-state index in [4.69, 9.17) is 4.74 Å². The Bertz CT molecular complexity index is 961. The smallest absolute Gasteiger partial charge is 0.282 e. The first-order valence-electron chi connectivity index (χ1n) is 8.12. The highest BCUT2D eigenvalue weighted by Gasteiger charge is 2.29. The van der Waals surface area contributed by atoms with Gasteiger partial charge in [0, 0.05) is 25.1 Å². The fraction of sp³-hybridized carbons (Fsp3) is 0.278. The zero-order valence-electron chi connectivity index (χ0n) is 14.6. The van der Waals surface area contributed by atoms with Crippen molar-refractivity contribution in [3.05, 3.63) is 65.6 Å². The molecule has 142 valence electrons. The van der Waals surface area contributed by atoms with Crippen LogP contribution in [0.25, 0.3) is 5.65 Å². The monoisotopic (exact) mass is 378 g/mol. The average Bonchev–Trinajstić information content (AvgIpc) is 3.04. The van der Waals surface area contributed by atoms with Crippen LogP contribution in [0.1, 0.15) is 41.2 Å². The zero-order valence-corrected chi connectivity index (χ0v) is 14.6. The van der Waals surface area contributed by atoms with Crippen molar-refractivity contribution in [1.82, 2.24) is 19.7 Å². The van der Waals surface area contributed by atoms with Crippen molar-refractivity contribution >= 4 is 11.6 Å². The van der Waals surface area contributed by atoms with E-state index in [0.29, 0.717) is 0 Å². The van der Waals surface area contributed by atoms with Crippen molar-refractivity contribution in [3.8, 4) is 0 Å². The molecule has 0 bridgehead atoms. The third-order valence-electron chi connectivity index (χ3n) is 4.16. The van der Waals surface area contributed by atoms with Gasteiger partial charge >= 0.3 is 0 Å². The van der Waals surface area contributed by atoms with Gasteiger partial charge in [-0.15, -0.1) is 0 Å². The number of rotatable bonds is 6. The van der Waals surface area contributed by atoms with Gasteiger partial charge in [-0.25, -0.2) is 18.2 Å². The van der Waals surface area contributed by atoms with Gasteiger partial charge in [0.25, 0.3) is 12.3 Å². The number of ether oxygens (including phenoxy) is 1. The molecule has 0 aliphatic heterocycles. The van der Waals surface area contributed by atoms with E-state index < -0.39 is 36.0 Å². The minimum atomic E-state index is -2.94. The Hall–Kier alpha value is -2.94. The molecular formula is C18H17F3N4O2. The standard InChI is InChI=1S/C18H17F3N4O2/c1-10(16(27-2)11-5-3-4-6-12(11)19)23-18(26)15-14(17(20)21)24-13-9-22-7-8-25(13)15/h3-10,16-17H,1-2H3,(H,23,26). The molecule has 1 amide bonds. The maximum Gasteiger partial charge on any atom is 0.282 e. The van der Waals surface area contributed by atoms with Crippen LogP contribution in [0, 0.1) is 5.82 Å². The molecule has 0 fully saturated rings. The molecule has 0 aliphatic carbocycles. The number of aromatic nitrogens is 3. The van der Waals surface area contributed by atoms with Crippen LogP contribution >= 0.6 is 0 Å². The van der Waals surface area contributed by atoms with Gasteiger partial charge in [0.2, 0.25) is 0 Å². The predicted molar refractivity (Wildman–Crippen MR) is 91.0 cm³/mol. The van der Waals surface area contributed by atoms with E-state index in [9.17, 15) is 18.0 Å². The van der Waals surface area contributed by atoms with Crippen LogP contribution in [0.15, 0.2) is 42.9 Å². The van der Waals surface area contributed by atoms with E-state index >= 15 is 0 Å². The summed E-state index contributed by atoms with van der Waals surface area (Å²) in [5, 5.41) is 2.60. The van der Waals surface area contributed by atoms with E-state index in [1.807, 2.05) is 0 Å². The maximum atomic E-state index is 14.1. The third-order valence-corrected chi connectivity index (χ3v) is 4.16. The summed E-state index contributed by atoms with van der Waals surface area (Å²) in [6.07, 6.45) is 0.278. The molecule has 2 atom stereocenters. The molecule has 2 unspecified atom stereocenters. The Kier molecular flexibility index (Phi) is 5.41. The lowest BCUT2D eigenvalue weighted by Crippen LogP contribution is -2.39. The first-order valence-corrected chi connectivity index (χ1v) is 8.12. The number of nitrogens with one attached hydrogen (secondary N) is 1. The largest absolute Gasteiger partial charge is 0.375 e. The van der Waals surface area contributed by atoms with Gasteiger partial charge in [-0.05, 0) is 13.0 Å². The molecule has 27 heavy (non-hydrogen) atoms. The van der Waals surface area contributed by atoms with Crippen LogP contribution < -0.4 is 5.32 Å². The van der Waals surface area contributed by atoms with E-state index in [1.165, 1.54) is 48.3 Å². The van der Waals surface area contributed by atoms with Gasteiger partial charge in [-0.2, -0.15) is 0 Å². The zero-order chi connectivity index (χ0) is 19.6. The second-order valence-electron chi connectivity index (χ2n) is 5.89. The molecule has 0 aliphatic rings. The van der Waals surface area contributed by atoms with Crippen molar-refractivity contribution in [1.29, 1.82) is 0 Å². The van der Waals surface area contributed by atoms with Crippen LogP contribution in [0.5, 0.6) is 0 Å². The highest BCUT2D eigenvalue weighted by Crippen LogP contribution is 2.26. The molecule has 1 aromatic carbocycles. The third kappa shape index (κ3) is 3.63. The van der Waals surface area contributed by atoms with Gasteiger partial charge < -0.3 is 10.1 Å². The highest BCUT2D eigenvalue weighted by atomic mass is 19.3. The normalized spacial score (nSPS) is 13.7. The minimum absolute atomic E-state index is 0.128. The van der Waals surface area contributed by atoms with Gasteiger partial charge in [-0.3, -0.25) is 14.2 Å². The summed E-state index contributed by atoms with van der Waals surface area (Å²) in [7, 11) is 1.38. The highest BCUT2D eigenvalue weighted by molar-refractivity contribution is 5.95. The number of alkyl halides is 2. The number of hydrogen-bond acceptors (Lipinski definition) is 4. The van der Waals surface area contributed by atoms with Crippen molar-refractivity contribution in [3.63, 3.8) is 0 Å². The summed E-state index contributed by atoms with van der Waals surface area (Å²) >= 11 is 0. The van der Waals surface area contributed by atoms with Gasteiger partial charge in [0.1, 0.15) is 23.3 Å². The van der Waals surface area contributed by atoms with Crippen molar-refractivity contribution in [2.24, 2.45) is 0 Å².